The third-order valence-corrected chi connectivity index (χ3v) is 14.8. The van der Waals surface area contributed by atoms with Crippen molar-refractivity contribution in [1.82, 2.24) is 0 Å². The second-order valence-corrected chi connectivity index (χ2v) is 22.7. The second-order valence-electron chi connectivity index (χ2n) is 22.7. The summed E-state index contributed by atoms with van der Waals surface area (Å²) in [4.78, 5) is 51.4. The zero-order chi connectivity index (χ0) is 61.7. The maximum atomic E-state index is 13.2. The number of carbonyl (C=O) groups is 4. The van der Waals surface area contributed by atoms with E-state index in [9.17, 15) is 34.5 Å². The fourth-order valence-electron chi connectivity index (χ4n) is 9.74. The van der Waals surface area contributed by atoms with E-state index in [0.29, 0.717) is 19.3 Å². The van der Waals surface area contributed by atoms with Crippen LogP contribution in [0.4, 0.5) is 0 Å². The van der Waals surface area contributed by atoms with Crippen LogP contribution in [0, 0.1) is 0 Å². The molecule has 3 N–H and O–H groups in total. The number of ether oxygens (including phenoxy) is 5. The fourth-order valence-corrected chi connectivity index (χ4v) is 9.74. The standard InChI is InChI=1S/C73H120O12/c1-4-7-10-13-16-19-22-25-28-31-33-36-38-41-44-47-50-53-56-59-65(74)81-62-64(83-66(75)60-57-54-51-48-45-42-39-35-30-27-24-21-18-15-12-9-6-3)63-82-73-71(69(78)68(77)70(85-73)72(79)80)84-67(76)61-58-55-52-49-46-43-40-37-34-32-29-26-23-20-17-14-11-8-5-2/h7,9-10,12,16,18-19,21,25,27-28,30,33,36,39,41-42,44,64,68-71,73,77-78H,4-6,8,11,13-15,17,20,22-24,26,29,31-32,34-35,37-38,40,43,45-63H2,1-3H3,(H,79,80)/b10-7-,12-9-,19-16-,21-18-,28-25-,30-27-,36-33-,42-39-,44-41-. The molecule has 1 aliphatic rings. The lowest BCUT2D eigenvalue weighted by Crippen LogP contribution is -2.61. The van der Waals surface area contributed by atoms with Crippen LogP contribution in [0.2, 0.25) is 0 Å². The third kappa shape index (κ3) is 49.1. The Morgan fingerprint density at radius 2 is 0.741 bits per heavy atom. The number of aliphatic hydroxyl groups excluding tert-OH is 2. The minimum absolute atomic E-state index is 0.0528. The molecule has 0 radical (unpaired) electrons. The fraction of sp³-hybridized carbons (Fsp3) is 0.699. The summed E-state index contributed by atoms with van der Waals surface area (Å²) in [6, 6.07) is 0. The molecule has 1 heterocycles. The molecule has 85 heavy (non-hydrogen) atoms. The first-order valence-corrected chi connectivity index (χ1v) is 33.9. The van der Waals surface area contributed by atoms with Gasteiger partial charge < -0.3 is 39.0 Å². The van der Waals surface area contributed by atoms with Crippen LogP contribution in [0.15, 0.2) is 109 Å². The number of unbranched alkanes of at least 4 members (excludes halogenated alkanes) is 25. The Hall–Kier alpha value is -4.62. The van der Waals surface area contributed by atoms with Gasteiger partial charge in [0, 0.05) is 19.3 Å². The van der Waals surface area contributed by atoms with Crippen molar-refractivity contribution in [3.63, 3.8) is 0 Å². The van der Waals surface area contributed by atoms with Gasteiger partial charge >= 0.3 is 23.9 Å². The molecule has 0 aromatic carbocycles. The van der Waals surface area contributed by atoms with E-state index in [-0.39, 0.29) is 25.9 Å². The van der Waals surface area contributed by atoms with Gasteiger partial charge in [-0.1, -0.05) is 265 Å². The number of esters is 3. The molecule has 0 aliphatic carbocycles. The molecule has 1 saturated heterocycles. The number of rotatable bonds is 57. The van der Waals surface area contributed by atoms with Crippen LogP contribution in [0.3, 0.4) is 0 Å². The molecular weight excluding hydrogens is 1070 g/mol. The molecule has 6 atom stereocenters. The quantitative estimate of drug-likeness (QED) is 0.0228. The number of hydrogen-bond donors (Lipinski definition) is 3. The van der Waals surface area contributed by atoms with E-state index in [1.165, 1.54) is 89.9 Å². The van der Waals surface area contributed by atoms with Gasteiger partial charge in [-0.15, -0.1) is 0 Å². The van der Waals surface area contributed by atoms with Gasteiger partial charge in [-0.3, -0.25) is 14.4 Å². The van der Waals surface area contributed by atoms with Gasteiger partial charge in [-0.25, -0.2) is 4.79 Å². The highest BCUT2D eigenvalue weighted by molar-refractivity contribution is 5.74. The van der Waals surface area contributed by atoms with Crippen LogP contribution in [0.1, 0.15) is 278 Å². The van der Waals surface area contributed by atoms with Crippen molar-refractivity contribution in [2.75, 3.05) is 13.2 Å². The van der Waals surface area contributed by atoms with E-state index in [0.717, 1.165) is 128 Å². The van der Waals surface area contributed by atoms with E-state index >= 15 is 0 Å². The first-order valence-electron chi connectivity index (χ1n) is 33.9. The zero-order valence-corrected chi connectivity index (χ0v) is 53.6. The molecule has 0 aromatic rings. The van der Waals surface area contributed by atoms with E-state index < -0.39 is 67.3 Å². The van der Waals surface area contributed by atoms with Crippen LogP contribution in [0.25, 0.3) is 0 Å². The van der Waals surface area contributed by atoms with E-state index in [4.69, 9.17) is 23.7 Å². The first kappa shape index (κ1) is 78.4. The summed E-state index contributed by atoms with van der Waals surface area (Å²) >= 11 is 0. The van der Waals surface area contributed by atoms with Crippen molar-refractivity contribution in [1.29, 1.82) is 0 Å². The molecule has 0 bridgehead atoms. The monoisotopic (exact) mass is 1190 g/mol. The lowest BCUT2D eigenvalue weighted by atomic mass is 9.98. The van der Waals surface area contributed by atoms with Crippen molar-refractivity contribution < 1.29 is 58.2 Å². The first-order chi connectivity index (χ1) is 41.6. The number of aliphatic carboxylic acids is 1. The lowest BCUT2D eigenvalue weighted by Gasteiger charge is -2.40. The molecule has 484 valence electrons. The maximum Gasteiger partial charge on any atom is 0.335 e. The number of aliphatic hydroxyl groups is 2. The van der Waals surface area contributed by atoms with Crippen LogP contribution in [-0.2, 0) is 42.9 Å². The summed E-state index contributed by atoms with van der Waals surface area (Å²) in [5, 5.41) is 31.7. The Morgan fingerprint density at radius 1 is 0.400 bits per heavy atom. The summed E-state index contributed by atoms with van der Waals surface area (Å²) in [5.41, 5.74) is 0. The molecular formula is C73H120O12. The number of carboxylic acids is 1. The van der Waals surface area contributed by atoms with Crippen LogP contribution >= 0.6 is 0 Å². The molecule has 12 nitrogen and oxygen atoms in total. The highest BCUT2D eigenvalue weighted by atomic mass is 16.7. The molecule has 0 saturated carbocycles. The number of hydrogen-bond acceptors (Lipinski definition) is 11. The predicted molar refractivity (Wildman–Crippen MR) is 349 cm³/mol. The summed E-state index contributed by atoms with van der Waals surface area (Å²) in [6.45, 7) is 5.75. The smallest absolute Gasteiger partial charge is 0.335 e. The predicted octanol–water partition coefficient (Wildman–Crippen LogP) is 18.6. The SMILES string of the molecule is CC/C=C\C/C=C\C/C=C\C/C=C\C/C=C\CCCCCC(=O)OCC(COC1OC(C(=O)O)C(O)C(O)C1OC(=O)CCCCCCCCCCCCCCCCCCCCC)OC(=O)CCCCCC/C=C\C/C=C\C/C=C\C/C=C\CC. The van der Waals surface area contributed by atoms with Gasteiger partial charge in [0.15, 0.2) is 24.6 Å². The summed E-state index contributed by atoms with van der Waals surface area (Å²) in [5.74, 6) is -3.19. The third-order valence-electron chi connectivity index (χ3n) is 14.8. The van der Waals surface area contributed by atoms with Gasteiger partial charge in [0.1, 0.15) is 18.8 Å². The molecule has 0 aromatic heterocycles. The highest BCUT2D eigenvalue weighted by Crippen LogP contribution is 2.27. The summed E-state index contributed by atoms with van der Waals surface area (Å²) in [6.07, 6.45) is 69.0. The van der Waals surface area contributed by atoms with Crippen molar-refractivity contribution >= 4 is 23.9 Å². The largest absolute Gasteiger partial charge is 0.479 e. The Bertz CT molecular complexity index is 1890. The molecule has 12 heteroatoms. The van der Waals surface area contributed by atoms with Crippen molar-refractivity contribution in [2.45, 2.75) is 314 Å². The highest BCUT2D eigenvalue weighted by Gasteiger charge is 2.50. The van der Waals surface area contributed by atoms with Crippen molar-refractivity contribution in [3.8, 4) is 0 Å². The van der Waals surface area contributed by atoms with Gasteiger partial charge in [0.25, 0.3) is 0 Å². The Kier molecular flexibility index (Phi) is 55.1. The Labute approximate surface area is 516 Å². The van der Waals surface area contributed by atoms with Crippen LogP contribution in [0.5, 0.6) is 0 Å². The average Bonchev–Trinajstić information content (AvgIpc) is 3.51. The lowest BCUT2D eigenvalue weighted by molar-refractivity contribution is -0.301. The Balaban J connectivity index is 2.68. The minimum Gasteiger partial charge on any atom is -0.479 e. The maximum absolute atomic E-state index is 13.2. The number of carbonyl (C=O) groups excluding carboxylic acids is 3. The molecule has 1 rings (SSSR count). The molecule has 1 fully saturated rings. The van der Waals surface area contributed by atoms with E-state index in [1.807, 2.05) is 0 Å². The Morgan fingerprint density at radius 3 is 1.14 bits per heavy atom. The van der Waals surface area contributed by atoms with Crippen LogP contribution in [-0.4, -0.2) is 89.2 Å². The van der Waals surface area contributed by atoms with Gasteiger partial charge in [-0.05, 0) is 103 Å². The van der Waals surface area contributed by atoms with Crippen molar-refractivity contribution in [3.05, 3.63) is 109 Å². The topological polar surface area (TPSA) is 175 Å². The van der Waals surface area contributed by atoms with Crippen LogP contribution < -0.4 is 0 Å². The average molecular weight is 1190 g/mol. The number of carboxylic acid groups (broad SMARTS) is 1. The van der Waals surface area contributed by atoms with E-state index in [2.05, 4.69) is 130 Å². The second kappa shape index (κ2) is 59.7. The molecule has 0 spiro atoms. The minimum atomic E-state index is -1.92. The molecule has 1 aliphatic heterocycles. The normalized spacial score (nSPS) is 18.2. The van der Waals surface area contributed by atoms with E-state index in [1.54, 1.807) is 0 Å². The molecule has 6 unspecified atom stereocenters. The van der Waals surface area contributed by atoms with Gasteiger partial charge in [-0.2, -0.15) is 0 Å². The number of allylic oxidation sites excluding steroid dienone is 18. The summed E-state index contributed by atoms with van der Waals surface area (Å²) < 4.78 is 28.5. The molecule has 0 amide bonds. The van der Waals surface area contributed by atoms with Gasteiger partial charge in [0.05, 0.1) is 6.61 Å². The van der Waals surface area contributed by atoms with Gasteiger partial charge in [0.2, 0.25) is 0 Å². The summed E-state index contributed by atoms with van der Waals surface area (Å²) in [7, 11) is 0. The zero-order valence-electron chi connectivity index (χ0n) is 53.6. The van der Waals surface area contributed by atoms with Crippen molar-refractivity contribution in [2.24, 2.45) is 0 Å².